The van der Waals surface area contributed by atoms with Crippen LogP contribution in [0.2, 0.25) is 0 Å². The fraction of sp³-hybridized carbons (Fsp3) is 1.00. The van der Waals surface area contributed by atoms with Gasteiger partial charge >= 0.3 is 1.43 Å². The molecular formula is C6H13O2+. The summed E-state index contributed by atoms with van der Waals surface area (Å²) in [5.41, 5.74) is 0. The van der Waals surface area contributed by atoms with Crippen LogP contribution in [0.15, 0.2) is 0 Å². The number of rotatable bonds is 1. The van der Waals surface area contributed by atoms with Crippen LogP contribution >= 0.6 is 0 Å². The number of hydrogen-bond acceptors (Lipinski definition) is 2. The molecule has 0 amide bonds. The summed E-state index contributed by atoms with van der Waals surface area (Å²) in [6.45, 7) is 5.15. The van der Waals surface area contributed by atoms with E-state index in [1.165, 1.54) is 6.42 Å². The van der Waals surface area contributed by atoms with Crippen molar-refractivity contribution in [3.63, 3.8) is 0 Å². The van der Waals surface area contributed by atoms with Crippen LogP contribution in [0.4, 0.5) is 0 Å². The summed E-state index contributed by atoms with van der Waals surface area (Å²) in [5, 5.41) is 0. The van der Waals surface area contributed by atoms with Gasteiger partial charge in [-0.15, -0.1) is 0 Å². The Morgan fingerprint density at radius 3 is 2.12 bits per heavy atom. The standard InChI is InChI=1S/C4H8O.C2H4O/c1-2-4-3-5-4;1-2-3-1/h4H,2-3H2,1H3;1-2H2/p+1. The highest BCUT2D eigenvalue weighted by Crippen LogP contribution is 2.10. The molecule has 2 heterocycles. The van der Waals surface area contributed by atoms with E-state index in [1.54, 1.807) is 0 Å². The Morgan fingerprint density at radius 1 is 1.62 bits per heavy atom. The minimum atomic E-state index is 0. The molecule has 2 heteroatoms. The van der Waals surface area contributed by atoms with E-state index < -0.39 is 0 Å². The molecule has 2 nitrogen and oxygen atoms in total. The third kappa shape index (κ3) is 4.09. The quantitative estimate of drug-likeness (QED) is 0.477. The summed E-state index contributed by atoms with van der Waals surface area (Å²) in [7, 11) is 0. The van der Waals surface area contributed by atoms with Crippen LogP contribution in [0.5, 0.6) is 0 Å². The average molecular weight is 117 g/mol. The normalized spacial score (nSPS) is 30.4. The highest BCUT2D eigenvalue weighted by atomic mass is 16.6. The fourth-order valence-corrected chi connectivity index (χ4v) is 0.304. The lowest BCUT2D eigenvalue weighted by Crippen LogP contribution is -1.73. The van der Waals surface area contributed by atoms with Gasteiger partial charge < -0.3 is 9.47 Å². The van der Waals surface area contributed by atoms with Crippen molar-refractivity contribution in [2.24, 2.45) is 0 Å². The van der Waals surface area contributed by atoms with E-state index in [4.69, 9.17) is 4.74 Å². The van der Waals surface area contributed by atoms with E-state index in [0.29, 0.717) is 6.10 Å². The zero-order valence-electron chi connectivity index (χ0n) is 6.22. The minimum absolute atomic E-state index is 0. The van der Waals surface area contributed by atoms with Crippen molar-refractivity contribution in [3.05, 3.63) is 0 Å². The highest BCUT2D eigenvalue weighted by Gasteiger charge is 2.18. The van der Waals surface area contributed by atoms with Crippen LogP contribution < -0.4 is 0 Å². The molecule has 0 radical (unpaired) electrons. The first-order valence-corrected chi connectivity index (χ1v) is 3.13. The molecule has 0 saturated carbocycles. The summed E-state index contributed by atoms with van der Waals surface area (Å²) in [4.78, 5) is 0. The molecule has 0 spiro atoms. The molecule has 0 aromatic rings. The zero-order chi connectivity index (χ0) is 5.82. The maximum absolute atomic E-state index is 4.86. The first-order valence-electron chi connectivity index (χ1n) is 3.13. The van der Waals surface area contributed by atoms with Gasteiger partial charge in [0.1, 0.15) is 0 Å². The van der Waals surface area contributed by atoms with Crippen molar-refractivity contribution >= 4 is 0 Å². The average Bonchev–Trinajstić information content (AvgIpc) is 2.65. The molecule has 2 aliphatic rings. The second kappa shape index (κ2) is 3.05. The molecule has 1 unspecified atom stereocenters. The SMILES string of the molecule is C1CO1.CCC1CO1.[H+]. The van der Waals surface area contributed by atoms with Crippen molar-refractivity contribution < 1.29 is 10.9 Å². The maximum Gasteiger partial charge on any atom is 1.00 e. The smallest absolute Gasteiger partial charge is 0.377 e. The molecule has 1 atom stereocenters. The lowest BCUT2D eigenvalue weighted by molar-refractivity contribution is 0.403. The summed E-state index contributed by atoms with van der Waals surface area (Å²) < 4.78 is 9.36. The van der Waals surface area contributed by atoms with Gasteiger partial charge in [0.05, 0.1) is 25.9 Å². The van der Waals surface area contributed by atoms with Gasteiger partial charge in [-0.2, -0.15) is 0 Å². The molecule has 0 aromatic carbocycles. The molecule has 0 N–H and O–H groups in total. The van der Waals surface area contributed by atoms with E-state index in [1.807, 2.05) is 0 Å². The molecule has 2 rings (SSSR count). The Kier molecular flexibility index (Phi) is 2.30. The summed E-state index contributed by atoms with van der Waals surface area (Å²) in [5.74, 6) is 0. The third-order valence-electron chi connectivity index (χ3n) is 1.06. The van der Waals surface area contributed by atoms with Crippen molar-refractivity contribution in [2.45, 2.75) is 19.4 Å². The molecule has 48 valence electrons. The maximum atomic E-state index is 4.86. The van der Waals surface area contributed by atoms with Crippen LogP contribution in [-0.2, 0) is 9.47 Å². The van der Waals surface area contributed by atoms with E-state index in [2.05, 4.69) is 11.7 Å². The Labute approximate surface area is 51.3 Å². The van der Waals surface area contributed by atoms with Crippen molar-refractivity contribution in [3.8, 4) is 0 Å². The molecule has 0 aromatic heterocycles. The fourth-order valence-electron chi connectivity index (χ4n) is 0.304. The second-order valence-corrected chi connectivity index (χ2v) is 1.98. The van der Waals surface area contributed by atoms with Gasteiger partial charge in [0.25, 0.3) is 0 Å². The van der Waals surface area contributed by atoms with Crippen LogP contribution in [-0.4, -0.2) is 25.9 Å². The Bertz CT molecular complexity index is 59.3. The Morgan fingerprint density at radius 2 is 2.12 bits per heavy atom. The first kappa shape index (κ1) is 6.05. The van der Waals surface area contributed by atoms with Gasteiger partial charge in [0, 0.05) is 0 Å². The second-order valence-electron chi connectivity index (χ2n) is 1.98. The van der Waals surface area contributed by atoms with E-state index in [0.717, 1.165) is 19.8 Å². The lowest BCUT2D eigenvalue weighted by Gasteiger charge is -1.69. The minimum Gasteiger partial charge on any atom is -0.377 e. The van der Waals surface area contributed by atoms with E-state index >= 15 is 0 Å². The largest absolute Gasteiger partial charge is 1.00 e. The van der Waals surface area contributed by atoms with Gasteiger partial charge in [-0.3, -0.25) is 0 Å². The van der Waals surface area contributed by atoms with Gasteiger partial charge in [0.2, 0.25) is 0 Å². The summed E-state index contributed by atoms with van der Waals surface area (Å²) in [6.07, 6.45) is 1.83. The molecule has 2 fully saturated rings. The van der Waals surface area contributed by atoms with E-state index in [9.17, 15) is 0 Å². The van der Waals surface area contributed by atoms with Crippen molar-refractivity contribution in [1.82, 2.24) is 0 Å². The van der Waals surface area contributed by atoms with Crippen LogP contribution in [0.25, 0.3) is 0 Å². The lowest BCUT2D eigenvalue weighted by atomic mass is 10.4. The van der Waals surface area contributed by atoms with Gasteiger partial charge in [-0.25, -0.2) is 0 Å². The predicted molar refractivity (Wildman–Crippen MR) is 32.0 cm³/mol. The molecule has 0 bridgehead atoms. The number of ether oxygens (including phenoxy) is 2. The van der Waals surface area contributed by atoms with Gasteiger partial charge in [0.15, 0.2) is 0 Å². The topological polar surface area (TPSA) is 25.1 Å². The first-order chi connectivity index (χ1) is 3.93. The predicted octanol–water partition coefficient (Wildman–Crippen LogP) is 0.924. The Balaban J connectivity index is 0.000000140. The molecule has 2 aliphatic heterocycles. The van der Waals surface area contributed by atoms with Crippen LogP contribution in [0, 0.1) is 0 Å². The highest BCUT2D eigenvalue weighted by molar-refractivity contribution is 4.64. The molecule has 0 aliphatic carbocycles. The molecular weight excluding hydrogens is 104 g/mol. The molecule has 8 heavy (non-hydrogen) atoms. The monoisotopic (exact) mass is 117 g/mol. The Hall–Kier alpha value is -0.0800. The van der Waals surface area contributed by atoms with Crippen molar-refractivity contribution in [1.29, 1.82) is 0 Å². The number of hydrogen-bond donors (Lipinski definition) is 0. The van der Waals surface area contributed by atoms with Crippen LogP contribution in [0.3, 0.4) is 0 Å². The van der Waals surface area contributed by atoms with Crippen molar-refractivity contribution in [2.75, 3.05) is 19.8 Å². The molecule has 2 saturated heterocycles. The number of epoxide rings is 2. The summed E-state index contributed by atoms with van der Waals surface area (Å²) >= 11 is 0. The zero-order valence-corrected chi connectivity index (χ0v) is 5.22. The van der Waals surface area contributed by atoms with Gasteiger partial charge in [-0.1, -0.05) is 6.92 Å². The van der Waals surface area contributed by atoms with E-state index in [-0.39, 0.29) is 1.43 Å². The van der Waals surface area contributed by atoms with Gasteiger partial charge in [-0.05, 0) is 6.42 Å². The van der Waals surface area contributed by atoms with Crippen LogP contribution in [0.1, 0.15) is 14.8 Å². The third-order valence-corrected chi connectivity index (χ3v) is 1.06. The summed E-state index contributed by atoms with van der Waals surface area (Å²) in [6, 6.07) is 0.